The predicted molar refractivity (Wildman–Crippen MR) is 54.5 cm³/mol. The number of aromatic nitrogens is 1. The Balaban J connectivity index is 3.48. The molecule has 0 aliphatic carbocycles. The highest BCUT2D eigenvalue weighted by Crippen LogP contribution is 2.30. The largest absolute Gasteiger partial charge is 0.465 e. The number of halogens is 3. The van der Waals surface area contributed by atoms with Crippen LogP contribution in [0.5, 0.6) is 0 Å². The highest BCUT2D eigenvalue weighted by molar-refractivity contribution is 6.17. The number of anilines is 1. The number of methoxy groups -OCH3 is 1. The lowest BCUT2D eigenvalue weighted by Gasteiger charge is -2.12. The molecule has 0 spiro atoms. The molecule has 0 unspecified atom stereocenters. The molecular weight excluding hydrogens is 242 g/mol. The van der Waals surface area contributed by atoms with Gasteiger partial charge < -0.3 is 10.5 Å². The summed E-state index contributed by atoms with van der Waals surface area (Å²) in [5, 5.41) is 0. The minimum atomic E-state index is -2.91. The summed E-state index contributed by atoms with van der Waals surface area (Å²) in [6.07, 6.45) is -1.73. The third-order valence-corrected chi connectivity index (χ3v) is 2.27. The Morgan fingerprint density at radius 2 is 2.31 bits per heavy atom. The maximum Gasteiger partial charge on any atom is 0.338 e. The van der Waals surface area contributed by atoms with E-state index in [9.17, 15) is 13.6 Å². The van der Waals surface area contributed by atoms with Crippen LogP contribution in [-0.4, -0.2) is 18.1 Å². The van der Waals surface area contributed by atoms with Crippen molar-refractivity contribution in [1.82, 2.24) is 4.98 Å². The average molecular weight is 251 g/mol. The second-order valence-corrected chi connectivity index (χ2v) is 3.15. The molecule has 0 atom stereocenters. The zero-order chi connectivity index (χ0) is 12.3. The predicted octanol–water partition coefficient (Wildman–Crippen LogP) is 2.13. The van der Waals surface area contributed by atoms with E-state index in [0.717, 1.165) is 7.11 Å². The van der Waals surface area contributed by atoms with E-state index in [1.54, 1.807) is 0 Å². The van der Waals surface area contributed by atoms with Crippen LogP contribution in [0.1, 0.15) is 27.9 Å². The van der Waals surface area contributed by atoms with E-state index in [2.05, 4.69) is 9.72 Å². The molecule has 0 aromatic carbocycles. The molecule has 0 saturated carbocycles. The van der Waals surface area contributed by atoms with Gasteiger partial charge in [-0.2, -0.15) is 0 Å². The number of carbonyl (C=O) groups is 1. The fraction of sp³-hybridized carbons (Fsp3) is 0.333. The fourth-order valence-electron chi connectivity index (χ4n) is 1.25. The van der Waals surface area contributed by atoms with Crippen LogP contribution in [0, 0.1) is 0 Å². The first-order chi connectivity index (χ1) is 7.52. The third-order valence-electron chi connectivity index (χ3n) is 1.98. The van der Waals surface area contributed by atoms with E-state index in [0.29, 0.717) is 0 Å². The van der Waals surface area contributed by atoms with E-state index in [1.165, 1.54) is 6.20 Å². The van der Waals surface area contributed by atoms with Crippen LogP contribution in [0.25, 0.3) is 0 Å². The number of carbonyl (C=O) groups excluding carboxylic acids is 1. The van der Waals surface area contributed by atoms with Crippen molar-refractivity contribution >= 4 is 23.4 Å². The maximum atomic E-state index is 12.7. The average Bonchev–Trinajstić information content (AvgIpc) is 2.27. The lowest BCUT2D eigenvalue weighted by molar-refractivity contribution is 0.0588. The van der Waals surface area contributed by atoms with Crippen LogP contribution >= 0.6 is 11.6 Å². The molecule has 1 rings (SSSR count). The first-order valence-corrected chi connectivity index (χ1v) is 4.76. The zero-order valence-corrected chi connectivity index (χ0v) is 9.09. The maximum absolute atomic E-state index is 12.7. The van der Waals surface area contributed by atoms with Gasteiger partial charge in [0, 0.05) is 17.6 Å². The van der Waals surface area contributed by atoms with Gasteiger partial charge in [-0.1, -0.05) is 0 Å². The molecule has 0 saturated heterocycles. The van der Waals surface area contributed by atoms with Crippen LogP contribution in [0.15, 0.2) is 6.20 Å². The number of pyridine rings is 1. The third kappa shape index (κ3) is 2.21. The Morgan fingerprint density at radius 1 is 1.69 bits per heavy atom. The van der Waals surface area contributed by atoms with Crippen molar-refractivity contribution in [3.05, 3.63) is 22.9 Å². The lowest BCUT2D eigenvalue weighted by Crippen LogP contribution is -2.13. The number of nitrogens with two attached hydrogens (primary N) is 1. The van der Waals surface area contributed by atoms with E-state index in [4.69, 9.17) is 17.3 Å². The summed E-state index contributed by atoms with van der Waals surface area (Å²) in [4.78, 5) is 14.9. The van der Waals surface area contributed by atoms with Gasteiger partial charge >= 0.3 is 5.97 Å². The van der Waals surface area contributed by atoms with E-state index >= 15 is 0 Å². The Bertz CT molecular complexity index is 413. The molecular formula is C9H9ClF2N2O2. The second kappa shape index (κ2) is 5.07. The summed E-state index contributed by atoms with van der Waals surface area (Å²) in [6, 6.07) is 0. The Labute approximate surface area is 95.4 Å². The number of hydrogen-bond acceptors (Lipinski definition) is 4. The number of ether oxygens (including phenoxy) is 1. The number of hydrogen-bond donors (Lipinski definition) is 1. The second-order valence-electron chi connectivity index (χ2n) is 2.88. The van der Waals surface area contributed by atoms with Crippen molar-refractivity contribution < 1.29 is 18.3 Å². The number of alkyl halides is 3. The zero-order valence-electron chi connectivity index (χ0n) is 8.34. The molecule has 1 aromatic rings. The molecule has 1 aromatic heterocycles. The summed E-state index contributed by atoms with van der Waals surface area (Å²) in [6.45, 7) is 0. The standard InChI is InChI=1S/C9H9ClF2N2O2/c1-16-9(15)5-4(2-10)3-14-8(13)6(5)7(11)12/h3,7H,2H2,1H3,(H2,13,14). The van der Waals surface area contributed by atoms with Gasteiger partial charge in [0.1, 0.15) is 5.82 Å². The van der Waals surface area contributed by atoms with Crippen LogP contribution in [0.4, 0.5) is 14.6 Å². The molecule has 0 bridgehead atoms. The fourth-order valence-corrected chi connectivity index (χ4v) is 1.45. The summed E-state index contributed by atoms with van der Waals surface area (Å²) < 4.78 is 29.9. The Kier molecular flexibility index (Phi) is 4.00. The smallest absolute Gasteiger partial charge is 0.338 e. The first-order valence-electron chi connectivity index (χ1n) is 4.22. The monoisotopic (exact) mass is 250 g/mol. The highest BCUT2D eigenvalue weighted by atomic mass is 35.5. The Morgan fingerprint density at radius 3 is 2.75 bits per heavy atom. The molecule has 0 radical (unpaired) electrons. The summed E-state index contributed by atoms with van der Waals surface area (Å²) in [7, 11) is 1.09. The van der Waals surface area contributed by atoms with Crippen LogP contribution in [-0.2, 0) is 10.6 Å². The molecule has 0 aliphatic rings. The normalized spacial score (nSPS) is 10.6. The topological polar surface area (TPSA) is 65.2 Å². The van der Waals surface area contributed by atoms with Gasteiger partial charge in [0.05, 0.1) is 18.2 Å². The van der Waals surface area contributed by atoms with Crippen molar-refractivity contribution in [3.63, 3.8) is 0 Å². The van der Waals surface area contributed by atoms with Crippen molar-refractivity contribution in [2.45, 2.75) is 12.3 Å². The molecule has 2 N–H and O–H groups in total. The van der Waals surface area contributed by atoms with Gasteiger partial charge in [-0.15, -0.1) is 11.6 Å². The lowest BCUT2D eigenvalue weighted by atomic mass is 10.0. The van der Waals surface area contributed by atoms with Gasteiger partial charge in [-0.25, -0.2) is 18.6 Å². The van der Waals surface area contributed by atoms with Crippen LogP contribution < -0.4 is 5.73 Å². The van der Waals surface area contributed by atoms with E-state index < -0.39 is 23.8 Å². The highest BCUT2D eigenvalue weighted by Gasteiger charge is 2.25. The van der Waals surface area contributed by atoms with Crippen molar-refractivity contribution in [3.8, 4) is 0 Å². The molecule has 1 heterocycles. The minimum Gasteiger partial charge on any atom is -0.465 e. The van der Waals surface area contributed by atoms with Gasteiger partial charge in [0.15, 0.2) is 0 Å². The van der Waals surface area contributed by atoms with Crippen molar-refractivity contribution in [2.24, 2.45) is 0 Å². The molecule has 4 nitrogen and oxygen atoms in total. The SMILES string of the molecule is COC(=O)c1c(CCl)cnc(N)c1C(F)F. The molecule has 0 amide bonds. The van der Waals surface area contributed by atoms with Gasteiger partial charge in [-0.05, 0) is 0 Å². The van der Waals surface area contributed by atoms with E-state index in [1.807, 2.05) is 0 Å². The van der Waals surface area contributed by atoms with Crippen LogP contribution in [0.2, 0.25) is 0 Å². The first kappa shape index (κ1) is 12.6. The van der Waals surface area contributed by atoms with Crippen molar-refractivity contribution in [2.75, 3.05) is 12.8 Å². The van der Waals surface area contributed by atoms with Gasteiger partial charge in [0.25, 0.3) is 6.43 Å². The van der Waals surface area contributed by atoms with Crippen LogP contribution in [0.3, 0.4) is 0 Å². The summed E-state index contributed by atoms with van der Waals surface area (Å²) in [5.74, 6) is -1.43. The molecule has 0 fully saturated rings. The number of rotatable bonds is 3. The van der Waals surface area contributed by atoms with Gasteiger partial charge in [-0.3, -0.25) is 0 Å². The summed E-state index contributed by atoms with van der Waals surface area (Å²) in [5.41, 5.74) is 4.52. The van der Waals surface area contributed by atoms with Gasteiger partial charge in [0.2, 0.25) is 0 Å². The quantitative estimate of drug-likeness (QED) is 0.659. The summed E-state index contributed by atoms with van der Waals surface area (Å²) >= 11 is 5.53. The Hall–Kier alpha value is -1.43. The number of nitrogen functional groups attached to an aromatic ring is 1. The molecule has 16 heavy (non-hydrogen) atoms. The molecule has 7 heteroatoms. The number of nitrogens with zero attached hydrogens (tertiary/aromatic N) is 1. The minimum absolute atomic E-state index is 0.128. The van der Waals surface area contributed by atoms with Crippen molar-refractivity contribution in [1.29, 1.82) is 0 Å². The molecule has 0 aliphatic heterocycles. The number of esters is 1. The van der Waals surface area contributed by atoms with E-state index in [-0.39, 0.29) is 17.0 Å². The molecule has 88 valence electrons.